The van der Waals surface area contributed by atoms with Crippen LogP contribution in [0.1, 0.15) is 17.0 Å². The zero-order valence-corrected chi connectivity index (χ0v) is 12.4. The SMILES string of the molecule is O=[N+]([O-])c1ccc(C2SC=C3Sc4nnc(C(F)(F)F)n4N32)o1. The maximum Gasteiger partial charge on any atom is 0.453 e. The number of hydrogen-bond donors (Lipinski definition) is 0. The molecule has 0 aromatic carbocycles. The summed E-state index contributed by atoms with van der Waals surface area (Å²) in [5.74, 6) is -1.46. The summed E-state index contributed by atoms with van der Waals surface area (Å²) in [6, 6.07) is 2.53. The van der Waals surface area contributed by atoms with Crippen molar-refractivity contribution in [2.45, 2.75) is 16.7 Å². The lowest BCUT2D eigenvalue weighted by Gasteiger charge is -2.24. The third kappa shape index (κ3) is 2.10. The third-order valence-electron chi connectivity index (χ3n) is 3.06. The maximum absolute atomic E-state index is 13.1. The van der Waals surface area contributed by atoms with Gasteiger partial charge in [0.25, 0.3) is 5.82 Å². The molecule has 0 radical (unpaired) electrons. The fourth-order valence-electron chi connectivity index (χ4n) is 2.18. The average Bonchev–Trinajstić information content (AvgIpc) is 3.17. The molecule has 13 heteroatoms. The predicted molar refractivity (Wildman–Crippen MR) is 72.9 cm³/mol. The van der Waals surface area contributed by atoms with Gasteiger partial charge in [0, 0.05) is 5.41 Å². The first-order valence-corrected chi connectivity index (χ1v) is 7.72. The van der Waals surface area contributed by atoms with Crippen molar-refractivity contribution in [3.63, 3.8) is 0 Å². The molecule has 0 saturated heterocycles. The van der Waals surface area contributed by atoms with E-state index in [-0.39, 0.29) is 10.9 Å². The normalized spacial score (nSPS) is 19.7. The van der Waals surface area contributed by atoms with Gasteiger partial charge in [-0.1, -0.05) is 11.8 Å². The average molecular weight is 363 g/mol. The number of hydrogen-bond acceptors (Lipinski definition) is 8. The second kappa shape index (κ2) is 4.67. The van der Waals surface area contributed by atoms with Crippen molar-refractivity contribution in [1.82, 2.24) is 14.9 Å². The van der Waals surface area contributed by atoms with E-state index in [9.17, 15) is 23.3 Å². The fraction of sp³-hybridized carbons (Fsp3) is 0.200. The molecule has 4 heterocycles. The highest BCUT2D eigenvalue weighted by Gasteiger charge is 2.47. The maximum atomic E-state index is 13.1. The Morgan fingerprint density at radius 1 is 1.35 bits per heavy atom. The van der Waals surface area contributed by atoms with Gasteiger partial charge in [0.05, 0.1) is 6.07 Å². The number of thioether (sulfide) groups is 2. The summed E-state index contributed by atoms with van der Waals surface area (Å²) in [5.41, 5.74) is 0. The van der Waals surface area contributed by atoms with Crippen molar-refractivity contribution in [3.05, 3.63) is 44.3 Å². The van der Waals surface area contributed by atoms with E-state index in [2.05, 4.69) is 10.2 Å². The van der Waals surface area contributed by atoms with Crippen LogP contribution < -0.4 is 5.01 Å². The van der Waals surface area contributed by atoms with Gasteiger partial charge in [0.2, 0.25) is 5.16 Å². The minimum absolute atomic E-state index is 0.0786. The predicted octanol–water partition coefficient (Wildman–Crippen LogP) is 3.09. The molecule has 0 aliphatic carbocycles. The molecule has 0 amide bonds. The fourth-order valence-corrected chi connectivity index (χ4v) is 4.35. The van der Waals surface area contributed by atoms with E-state index in [1.807, 2.05) is 0 Å². The summed E-state index contributed by atoms with van der Waals surface area (Å²) in [6.45, 7) is 0. The Kier molecular flexibility index (Phi) is 2.93. The number of nitro groups is 1. The first-order chi connectivity index (χ1) is 10.9. The van der Waals surface area contributed by atoms with E-state index in [0.29, 0.717) is 5.03 Å². The van der Waals surface area contributed by atoms with Crippen LogP contribution in [0, 0.1) is 10.1 Å². The van der Waals surface area contributed by atoms with Gasteiger partial charge in [-0.05, 0) is 17.8 Å². The van der Waals surface area contributed by atoms with Gasteiger partial charge in [0.1, 0.15) is 15.7 Å². The first kappa shape index (κ1) is 14.4. The summed E-state index contributed by atoms with van der Waals surface area (Å²) >= 11 is 2.22. The van der Waals surface area contributed by atoms with Crippen molar-refractivity contribution < 1.29 is 22.5 Å². The second-order valence-electron chi connectivity index (χ2n) is 4.44. The highest BCUT2D eigenvalue weighted by molar-refractivity contribution is 8.07. The molecule has 2 aliphatic rings. The lowest BCUT2D eigenvalue weighted by Crippen LogP contribution is -2.33. The van der Waals surface area contributed by atoms with Gasteiger partial charge in [-0.2, -0.15) is 13.2 Å². The van der Waals surface area contributed by atoms with Crippen molar-refractivity contribution >= 4 is 29.4 Å². The molecule has 0 fully saturated rings. The number of halogens is 3. The van der Waals surface area contributed by atoms with Crippen molar-refractivity contribution in [2.75, 3.05) is 5.01 Å². The molecular weight excluding hydrogens is 359 g/mol. The Morgan fingerprint density at radius 2 is 2.13 bits per heavy atom. The molecule has 8 nitrogen and oxygen atoms in total. The third-order valence-corrected chi connectivity index (χ3v) is 5.21. The van der Waals surface area contributed by atoms with Crippen molar-refractivity contribution in [1.29, 1.82) is 0 Å². The van der Waals surface area contributed by atoms with E-state index in [1.54, 1.807) is 5.41 Å². The largest absolute Gasteiger partial charge is 0.453 e. The Hall–Kier alpha value is -2.15. The van der Waals surface area contributed by atoms with Crippen LogP contribution in [-0.2, 0) is 6.18 Å². The van der Waals surface area contributed by atoms with Gasteiger partial charge in [-0.3, -0.25) is 10.1 Å². The molecule has 0 spiro atoms. The quantitative estimate of drug-likeness (QED) is 0.594. The molecule has 120 valence electrons. The van der Waals surface area contributed by atoms with Crippen LogP contribution in [0.4, 0.5) is 19.1 Å². The minimum atomic E-state index is -4.67. The Labute approximate surface area is 133 Å². The van der Waals surface area contributed by atoms with Gasteiger partial charge < -0.3 is 4.42 Å². The number of aromatic nitrogens is 3. The number of nitrogens with zero attached hydrogens (tertiary/aromatic N) is 5. The van der Waals surface area contributed by atoms with Crippen LogP contribution in [0.25, 0.3) is 0 Å². The standard InChI is InChI=1S/C10H4F3N5O3S2/c11-10(12,13)8-14-15-9-17(8)16-6(23-9)3-22-7(16)4-1-2-5(21-4)18(19)20/h1-3,7H. The molecule has 4 rings (SSSR count). The summed E-state index contributed by atoms with van der Waals surface area (Å²) in [5, 5.41) is 20.3. The van der Waals surface area contributed by atoms with E-state index >= 15 is 0 Å². The van der Waals surface area contributed by atoms with Crippen LogP contribution in [0.15, 0.2) is 32.1 Å². The van der Waals surface area contributed by atoms with E-state index in [1.165, 1.54) is 22.8 Å². The monoisotopic (exact) mass is 363 g/mol. The molecule has 0 bridgehead atoms. The molecule has 2 aromatic heterocycles. The summed E-state index contributed by atoms with van der Waals surface area (Å²) in [6.07, 6.45) is -4.67. The molecule has 23 heavy (non-hydrogen) atoms. The van der Waals surface area contributed by atoms with Crippen LogP contribution in [0.5, 0.6) is 0 Å². The van der Waals surface area contributed by atoms with Crippen molar-refractivity contribution in [2.24, 2.45) is 0 Å². The lowest BCUT2D eigenvalue weighted by atomic mass is 10.4. The minimum Gasteiger partial charge on any atom is -0.403 e. The zero-order chi connectivity index (χ0) is 16.4. The smallest absolute Gasteiger partial charge is 0.403 e. The number of rotatable bonds is 2. The Morgan fingerprint density at radius 3 is 2.78 bits per heavy atom. The second-order valence-corrected chi connectivity index (χ2v) is 6.38. The van der Waals surface area contributed by atoms with Crippen LogP contribution >= 0.6 is 23.5 Å². The van der Waals surface area contributed by atoms with Crippen LogP contribution in [0.3, 0.4) is 0 Å². The summed E-state index contributed by atoms with van der Waals surface area (Å²) in [4.78, 5) is 9.99. The lowest BCUT2D eigenvalue weighted by molar-refractivity contribution is -0.402. The number of fused-ring (bicyclic) bond motifs is 3. The summed E-state index contributed by atoms with van der Waals surface area (Å²) < 4.78 is 45.2. The van der Waals surface area contributed by atoms with Gasteiger partial charge in [0.15, 0.2) is 5.37 Å². The van der Waals surface area contributed by atoms with Crippen molar-refractivity contribution in [3.8, 4) is 0 Å². The Balaban J connectivity index is 1.76. The van der Waals surface area contributed by atoms with E-state index in [0.717, 1.165) is 22.5 Å². The molecule has 2 aromatic rings. The topological polar surface area (TPSA) is 90.2 Å². The van der Waals surface area contributed by atoms with E-state index < -0.39 is 28.2 Å². The van der Waals surface area contributed by atoms with Crippen LogP contribution in [-0.4, -0.2) is 19.8 Å². The van der Waals surface area contributed by atoms with E-state index in [4.69, 9.17) is 4.42 Å². The number of furan rings is 1. The molecular formula is C10H4F3N5O3S2. The molecule has 2 aliphatic heterocycles. The van der Waals surface area contributed by atoms with Gasteiger partial charge in [-0.15, -0.1) is 10.2 Å². The van der Waals surface area contributed by atoms with Gasteiger partial charge in [-0.25, -0.2) is 9.69 Å². The molecule has 0 N–H and O–H groups in total. The molecule has 1 atom stereocenters. The highest BCUT2D eigenvalue weighted by Crippen LogP contribution is 2.52. The summed E-state index contributed by atoms with van der Waals surface area (Å²) in [7, 11) is 0. The molecule has 1 unspecified atom stereocenters. The molecule has 0 saturated carbocycles. The highest BCUT2D eigenvalue weighted by atomic mass is 32.2. The number of alkyl halides is 3. The first-order valence-electron chi connectivity index (χ1n) is 5.96. The zero-order valence-electron chi connectivity index (χ0n) is 10.7. The van der Waals surface area contributed by atoms with Gasteiger partial charge >= 0.3 is 12.1 Å². The Bertz CT molecular complexity index is 845. The van der Waals surface area contributed by atoms with Crippen LogP contribution in [0.2, 0.25) is 0 Å².